The van der Waals surface area contributed by atoms with Gasteiger partial charge in [0.2, 0.25) is 5.91 Å². The van der Waals surface area contributed by atoms with Gasteiger partial charge >= 0.3 is 0 Å². The molecule has 118 valence electrons. The number of amides is 1. The van der Waals surface area contributed by atoms with Crippen molar-refractivity contribution in [3.63, 3.8) is 0 Å². The third-order valence-electron chi connectivity index (χ3n) is 4.30. The molecular weight excluding hydrogens is 250 g/mol. The van der Waals surface area contributed by atoms with E-state index in [1.807, 2.05) is 6.92 Å². The van der Waals surface area contributed by atoms with E-state index < -0.39 is 0 Å². The van der Waals surface area contributed by atoms with E-state index in [9.17, 15) is 4.79 Å². The Hall–Kier alpha value is -0.610. The molecule has 4 nitrogen and oxygen atoms in total. The topological polar surface area (TPSA) is 44.4 Å². The highest BCUT2D eigenvalue weighted by Crippen LogP contribution is 2.11. The third kappa shape index (κ3) is 6.71. The van der Waals surface area contributed by atoms with Gasteiger partial charge < -0.3 is 10.6 Å². The van der Waals surface area contributed by atoms with E-state index in [0.29, 0.717) is 12.0 Å². The molecule has 0 radical (unpaired) electrons. The zero-order chi connectivity index (χ0) is 15.0. The molecule has 2 unspecified atom stereocenters. The van der Waals surface area contributed by atoms with E-state index in [2.05, 4.69) is 36.4 Å². The van der Waals surface area contributed by atoms with E-state index in [1.165, 1.54) is 19.3 Å². The molecule has 0 aromatic rings. The molecule has 0 aromatic carbocycles. The summed E-state index contributed by atoms with van der Waals surface area (Å²) in [6.07, 6.45) is 6.12. The van der Waals surface area contributed by atoms with Gasteiger partial charge in [0.1, 0.15) is 0 Å². The van der Waals surface area contributed by atoms with Gasteiger partial charge in [-0.15, -0.1) is 0 Å². The van der Waals surface area contributed by atoms with Crippen molar-refractivity contribution in [2.24, 2.45) is 5.92 Å². The van der Waals surface area contributed by atoms with Crippen molar-refractivity contribution in [3.8, 4) is 0 Å². The molecule has 0 aromatic heterocycles. The SMILES string of the molecule is CC(C)CCNC(=O)C(C)N(C)CCC1CCCCN1. The first kappa shape index (κ1) is 17.4. The van der Waals surface area contributed by atoms with Crippen LogP contribution in [0.2, 0.25) is 0 Å². The van der Waals surface area contributed by atoms with E-state index >= 15 is 0 Å². The fraction of sp³-hybridized carbons (Fsp3) is 0.938. The second kappa shape index (κ2) is 9.35. The fourth-order valence-corrected chi connectivity index (χ4v) is 2.56. The average Bonchev–Trinajstić information content (AvgIpc) is 2.44. The number of nitrogens with zero attached hydrogens (tertiary/aromatic N) is 1. The van der Waals surface area contributed by atoms with Crippen molar-refractivity contribution in [2.75, 3.05) is 26.7 Å². The van der Waals surface area contributed by atoms with Crippen LogP contribution in [-0.4, -0.2) is 49.6 Å². The molecule has 0 aliphatic carbocycles. The molecule has 0 spiro atoms. The van der Waals surface area contributed by atoms with Gasteiger partial charge in [-0.2, -0.15) is 0 Å². The van der Waals surface area contributed by atoms with Crippen LogP contribution in [0.1, 0.15) is 52.9 Å². The molecule has 0 bridgehead atoms. The van der Waals surface area contributed by atoms with Crippen LogP contribution in [0, 0.1) is 5.92 Å². The molecule has 20 heavy (non-hydrogen) atoms. The van der Waals surface area contributed by atoms with Crippen LogP contribution in [0.15, 0.2) is 0 Å². The predicted molar refractivity (Wildman–Crippen MR) is 84.8 cm³/mol. The molecule has 0 saturated carbocycles. The van der Waals surface area contributed by atoms with Crippen LogP contribution >= 0.6 is 0 Å². The summed E-state index contributed by atoms with van der Waals surface area (Å²) in [5, 5.41) is 6.60. The van der Waals surface area contributed by atoms with Gasteiger partial charge in [-0.05, 0) is 52.1 Å². The molecule has 4 heteroatoms. The molecule has 1 rings (SSSR count). The van der Waals surface area contributed by atoms with Crippen LogP contribution < -0.4 is 10.6 Å². The first-order chi connectivity index (χ1) is 9.50. The summed E-state index contributed by atoms with van der Waals surface area (Å²) in [4.78, 5) is 14.2. The normalized spacial score (nSPS) is 21.2. The van der Waals surface area contributed by atoms with Crippen LogP contribution in [0.25, 0.3) is 0 Å². The lowest BCUT2D eigenvalue weighted by Crippen LogP contribution is -2.45. The maximum atomic E-state index is 12.0. The molecule has 1 aliphatic heterocycles. The Morgan fingerprint density at radius 1 is 1.35 bits per heavy atom. The molecule has 2 atom stereocenters. The second-order valence-corrected chi connectivity index (χ2v) is 6.57. The van der Waals surface area contributed by atoms with Gasteiger partial charge in [-0.25, -0.2) is 0 Å². The van der Waals surface area contributed by atoms with Crippen LogP contribution in [0.4, 0.5) is 0 Å². The minimum atomic E-state index is -0.0363. The maximum absolute atomic E-state index is 12.0. The van der Waals surface area contributed by atoms with Gasteiger partial charge in [-0.1, -0.05) is 20.3 Å². The monoisotopic (exact) mass is 283 g/mol. The Morgan fingerprint density at radius 3 is 2.70 bits per heavy atom. The van der Waals surface area contributed by atoms with E-state index in [4.69, 9.17) is 0 Å². The number of piperidine rings is 1. The van der Waals surface area contributed by atoms with Crippen LogP contribution in [-0.2, 0) is 4.79 Å². The summed E-state index contributed by atoms with van der Waals surface area (Å²) < 4.78 is 0. The minimum Gasteiger partial charge on any atom is -0.355 e. The number of carbonyl (C=O) groups excluding carboxylic acids is 1. The summed E-state index contributed by atoms with van der Waals surface area (Å²) in [5.74, 6) is 0.797. The van der Waals surface area contributed by atoms with Gasteiger partial charge in [0.15, 0.2) is 0 Å². The van der Waals surface area contributed by atoms with E-state index in [0.717, 1.165) is 32.5 Å². The lowest BCUT2D eigenvalue weighted by Gasteiger charge is -2.28. The largest absolute Gasteiger partial charge is 0.355 e. The number of nitrogens with one attached hydrogen (secondary N) is 2. The summed E-state index contributed by atoms with van der Waals surface area (Å²) in [5.41, 5.74) is 0. The van der Waals surface area contributed by atoms with E-state index in [-0.39, 0.29) is 11.9 Å². The van der Waals surface area contributed by atoms with Crippen molar-refractivity contribution in [2.45, 2.75) is 65.0 Å². The maximum Gasteiger partial charge on any atom is 0.237 e. The summed E-state index contributed by atoms with van der Waals surface area (Å²) in [6.45, 7) is 9.28. The zero-order valence-electron chi connectivity index (χ0n) is 13.7. The number of hydrogen-bond acceptors (Lipinski definition) is 3. The Morgan fingerprint density at radius 2 is 2.10 bits per heavy atom. The summed E-state index contributed by atoms with van der Waals surface area (Å²) in [7, 11) is 2.05. The second-order valence-electron chi connectivity index (χ2n) is 6.57. The van der Waals surface area contributed by atoms with Crippen molar-refractivity contribution in [1.82, 2.24) is 15.5 Å². The van der Waals surface area contributed by atoms with Crippen LogP contribution in [0.5, 0.6) is 0 Å². The zero-order valence-corrected chi connectivity index (χ0v) is 13.7. The number of likely N-dealkylation sites (N-methyl/N-ethyl adjacent to an activating group) is 1. The smallest absolute Gasteiger partial charge is 0.237 e. The van der Waals surface area contributed by atoms with Crippen molar-refractivity contribution in [3.05, 3.63) is 0 Å². The summed E-state index contributed by atoms with van der Waals surface area (Å²) >= 11 is 0. The fourth-order valence-electron chi connectivity index (χ4n) is 2.56. The highest BCUT2D eigenvalue weighted by Gasteiger charge is 2.19. The van der Waals surface area contributed by atoms with Gasteiger partial charge in [0.05, 0.1) is 6.04 Å². The van der Waals surface area contributed by atoms with Gasteiger partial charge in [0, 0.05) is 19.1 Å². The van der Waals surface area contributed by atoms with E-state index in [1.54, 1.807) is 0 Å². The lowest BCUT2D eigenvalue weighted by molar-refractivity contribution is -0.125. The van der Waals surface area contributed by atoms with Crippen molar-refractivity contribution in [1.29, 1.82) is 0 Å². The Labute approximate surface area is 124 Å². The van der Waals surface area contributed by atoms with Gasteiger partial charge in [-0.3, -0.25) is 9.69 Å². The number of rotatable bonds is 8. The molecule has 2 N–H and O–H groups in total. The van der Waals surface area contributed by atoms with Gasteiger partial charge in [0.25, 0.3) is 0 Å². The van der Waals surface area contributed by atoms with Crippen molar-refractivity contribution >= 4 is 5.91 Å². The first-order valence-corrected chi connectivity index (χ1v) is 8.22. The molecule has 1 fully saturated rings. The molecule has 1 amide bonds. The standard InChI is InChI=1S/C16H33N3O/c1-13(2)8-11-18-16(20)14(3)19(4)12-9-15-7-5-6-10-17-15/h13-15,17H,5-12H2,1-4H3,(H,18,20). The first-order valence-electron chi connectivity index (χ1n) is 8.22. The highest BCUT2D eigenvalue weighted by atomic mass is 16.2. The quantitative estimate of drug-likeness (QED) is 0.716. The Balaban J connectivity index is 2.19. The Bertz CT molecular complexity index is 275. The average molecular weight is 283 g/mol. The summed E-state index contributed by atoms with van der Waals surface area (Å²) in [6, 6.07) is 0.605. The molecule has 1 heterocycles. The van der Waals surface area contributed by atoms with Crippen molar-refractivity contribution < 1.29 is 4.79 Å². The molecule has 1 saturated heterocycles. The number of hydrogen-bond donors (Lipinski definition) is 2. The third-order valence-corrected chi connectivity index (χ3v) is 4.30. The Kier molecular flexibility index (Phi) is 8.15. The van der Waals surface area contributed by atoms with Crippen LogP contribution in [0.3, 0.4) is 0 Å². The lowest BCUT2D eigenvalue weighted by atomic mass is 10.0. The molecular formula is C16H33N3O. The highest BCUT2D eigenvalue weighted by molar-refractivity contribution is 5.81. The number of carbonyl (C=O) groups is 1. The molecule has 1 aliphatic rings. The predicted octanol–water partition coefficient (Wildman–Crippen LogP) is 2.00. The minimum absolute atomic E-state index is 0.0363.